The number of amides is 1. The number of carbonyl (C=O) groups is 1. The standard InChI is InChI=1S/C12H12ClN3O3S/c13-8-1-2-11-15-10(6-16(11)5-8)12(17)14-9-3-4-20(18,19)7-9/h1-2,5-6,9H,3-4,7H2,(H,14,17)/t9-/m1/s1. The molecular weight excluding hydrogens is 302 g/mol. The highest BCUT2D eigenvalue weighted by Gasteiger charge is 2.29. The van der Waals surface area contributed by atoms with Gasteiger partial charge in [-0.2, -0.15) is 0 Å². The van der Waals surface area contributed by atoms with Crippen LogP contribution in [0.15, 0.2) is 24.5 Å². The number of aromatic nitrogens is 2. The number of nitrogens with zero attached hydrogens (tertiary/aromatic N) is 2. The van der Waals surface area contributed by atoms with Crippen LogP contribution in [-0.4, -0.2) is 41.3 Å². The molecule has 6 nitrogen and oxygen atoms in total. The Morgan fingerprint density at radius 1 is 1.40 bits per heavy atom. The molecule has 2 aromatic rings. The van der Waals surface area contributed by atoms with Crippen molar-refractivity contribution < 1.29 is 13.2 Å². The van der Waals surface area contributed by atoms with Gasteiger partial charge in [-0.3, -0.25) is 4.79 Å². The van der Waals surface area contributed by atoms with E-state index in [1.54, 1.807) is 28.9 Å². The van der Waals surface area contributed by atoms with Gasteiger partial charge in [-0.15, -0.1) is 0 Å². The van der Waals surface area contributed by atoms with E-state index >= 15 is 0 Å². The fourth-order valence-electron chi connectivity index (χ4n) is 2.24. The van der Waals surface area contributed by atoms with E-state index in [0.717, 1.165) is 0 Å². The summed E-state index contributed by atoms with van der Waals surface area (Å²) >= 11 is 5.86. The molecule has 0 saturated carbocycles. The number of nitrogens with one attached hydrogen (secondary N) is 1. The molecule has 1 fully saturated rings. The molecule has 1 amide bonds. The van der Waals surface area contributed by atoms with Gasteiger partial charge in [-0.05, 0) is 18.6 Å². The van der Waals surface area contributed by atoms with Crippen LogP contribution in [0.2, 0.25) is 5.02 Å². The number of carbonyl (C=O) groups excluding carboxylic acids is 1. The topological polar surface area (TPSA) is 80.5 Å². The van der Waals surface area contributed by atoms with Crippen LogP contribution in [0.5, 0.6) is 0 Å². The van der Waals surface area contributed by atoms with Crippen LogP contribution in [0.1, 0.15) is 16.9 Å². The highest BCUT2D eigenvalue weighted by Crippen LogP contribution is 2.14. The van der Waals surface area contributed by atoms with Gasteiger partial charge in [0, 0.05) is 18.4 Å². The number of pyridine rings is 1. The van der Waals surface area contributed by atoms with Gasteiger partial charge in [0.1, 0.15) is 11.3 Å². The fraction of sp³-hybridized carbons (Fsp3) is 0.333. The normalized spacial score (nSPS) is 21.1. The van der Waals surface area contributed by atoms with Crippen LogP contribution in [-0.2, 0) is 9.84 Å². The lowest BCUT2D eigenvalue weighted by Gasteiger charge is -2.08. The fourth-order valence-corrected chi connectivity index (χ4v) is 4.08. The summed E-state index contributed by atoms with van der Waals surface area (Å²) in [5, 5.41) is 3.24. The number of imidazole rings is 1. The predicted octanol–water partition coefficient (Wildman–Crippen LogP) is 0.905. The molecule has 3 rings (SSSR count). The Hall–Kier alpha value is -1.60. The SMILES string of the molecule is O=C(N[C@@H]1CCS(=O)(=O)C1)c1cn2cc(Cl)ccc2n1. The smallest absolute Gasteiger partial charge is 0.271 e. The third kappa shape index (κ3) is 2.64. The second kappa shape index (κ2) is 4.75. The molecule has 1 atom stereocenters. The van der Waals surface area contributed by atoms with Gasteiger partial charge in [0.15, 0.2) is 9.84 Å². The van der Waals surface area contributed by atoms with Crippen molar-refractivity contribution in [2.45, 2.75) is 12.5 Å². The number of sulfone groups is 1. The summed E-state index contributed by atoms with van der Waals surface area (Å²) < 4.78 is 24.4. The van der Waals surface area contributed by atoms with E-state index in [9.17, 15) is 13.2 Å². The van der Waals surface area contributed by atoms with Crippen LogP contribution in [0, 0.1) is 0 Å². The Kier molecular flexibility index (Phi) is 3.18. The van der Waals surface area contributed by atoms with Gasteiger partial charge in [-0.1, -0.05) is 11.6 Å². The molecule has 3 heterocycles. The third-order valence-corrected chi connectivity index (χ3v) is 5.21. The van der Waals surface area contributed by atoms with Crippen molar-refractivity contribution >= 4 is 33.0 Å². The molecule has 0 unspecified atom stereocenters. The first-order valence-corrected chi connectivity index (χ1v) is 8.28. The molecule has 0 bridgehead atoms. The zero-order valence-electron chi connectivity index (χ0n) is 10.4. The van der Waals surface area contributed by atoms with Gasteiger partial charge >= 0.3 is 0 Å². The summed E-state index contributed by atoms with van der Waals surface area (Å²) in [7, 11) is -3.01. The number of hydrogen-bond acceptors (Lipinski definition) is 4. The molecule has 1 aliphatic rings. The predicted molar refractivity (Wildman–Crippen MR) is 74.7 cm³/mol. The quantitative estimate of drug-likeness (QED) is 0.893. The van der Waals surface area contributed by atoms with E-state index in [2.05, 4.69) is 10.3 Å². The maximum absolute atomic E-state index is 12.1. The van der Waals surface area contributed by atoms with Crippen molar-refractivity contribution in [3.8, 4) is 0 Å². The molecule has 0 spiro atoms. The average Bonchev–Trinajstić information content (AvgIpc) is 2.92. The maximum atomic E-state index is 12.1. The summed E-state index contributed by atoms with van der Waals surface area (Å²) in [4.78, 5) is 16.2. The second-order valence-electron chi connectivity index (χ2n) is 4.81. The first-order valence-electron chi connectivity index (χ1n) is 6.08. The lowest BCUT2D eigenvalue weighted by Crippen LogP contribution is -2.35. The number of halogens is 1. The Balaban J connectivity index is 1.79. The van der Waals surface area contributed by atoms with Crippen molar-refractivity contribution in [1.29, 1.82) is 0 Å². The highest BCUT2D eigenvalue weighted by atomic mass is 35.5. The number of fused-ring (bicyclic) bond motifs is 1. The van der Waals surface area contributed by atoms with Crippen LogP contribution in [0.3, 0.4) is 0 Å². The zero-order chi connectivity index (χ0) is 14.3. The third-order valence-electron chi connectivity index (χ3n) is 3.22. The molecule has 0 aromatic carbocycles. The molecule has 20 heavy (non-hydrogen) atoms. The van der Waals surface area contributed by atoms with E-state index in [-0.39, 0.29) is 29.1 Å². The lowest BCUT2D eigenvalue weighted by atomic mass is 10.2. The van der Waals surface area contributed by atoms with Gasteiger partial charge in [-0.25, -0.2) is 13.4 Å². The summed E-state index contributed by atoms with van der Waals surface area (Å²) in [5.41, 5.74) is 0.857. The van der Waals surface area contributed by atoms with E-state index in [0.29, 0.717) is 17.1 Å². The van der Waals surface area contributed by atoms with Crippen LogP contribution >= 0.6 is 11.6 Å². The first-order chi connectivity index (χ1) is 9.43. The molecule has 8 heteroatoms. The first kappa shape index (κ1) is 13.4. The van der Waals surface area contributed by atoms with Crippen molar-refractivity contribution in [2.24, 2.45) is 0 Å². The van der Waals surface area contributed by atoms with Gasteiger partial charge < -0.3 is 9.72 Å². The lowest BCUT2D eigenvalue weighted by molar-refractivity contribution is 0.0936. The average molecular weight is 314 g/mol. The molecular formula is C12H12ClN3O3S. The highest BCUT2D eigenvalue weighted by molar-refractivity contribution is 7.91. The molecule has 1 aliphatic heterocycles. The van der Waals surface area contributed by atoms with Gasteiger partial charge in [0.25, 0.3) is 5.91 Å². The Bertz CT molecular complexity index is 784. The zero-order valence-corrected chi connectivity index (χ0v) is 12.0. The summed E-state index contributed by atoms with van der Waals surface area (Å²) in [6.45, 7) is 0. The molecule has 1 N–H and O–H groups in total. The Morgan fingerprint density at radius 3 is 2.90 bits per heavy atom. The largest absolute Gasteiger partial charge is 0.347 e. The number of rotatable bonds is 2. The van der Waals surface area contributed by atoms with E-state index in [1.807, 2.05) is 0 Å². The van der Waals surface area contributed by atoms with E-state index < -0.39 is 9.84 Å². The van der Waals surface area contributed by atoms with Gasteiger partial charge in [0.2, 0.25) is 0 Å². The molecule has 1 saturated heterocycles. The van der Waals surface area contributed by atoms with Crippen LogP contribution < -0.4 is 5.32 Å². The van der Waals surface area contributed by atoms with Crippen molar-refractivity contribution in [1.82, 2.24) is 14.7 Å². The van der Waals surface area contributed by atoms with Crippen LogP contribution in [0.25, 0.3) is 5.65 Å². The minimum atomic E-state index is -3.01. The second-order valence-corrected chi connectivity index (χ2v) is 7.48. The molecule has 2 aromatic heterocycles. The van der Waals surface area contributed by atoms with E-state index in [1.165, 1.54) is 0 Å². The minimum absolute atomic E-state index is 0.00204. The molecule has 0 aliphatic carbocycles. The molecule has 0 radical (unpaired) electrons. The summed E-state index contributed by atoms with van der Waals surface area (Å²) in [6.07, 6.45) is 3.67. The summed E-state index contributed by atoms with van der Waals surface area (Å²) in [5.74, 6) is -0.247. The summed E-state index contributed by atoms with van der Waals surface area (Å²) in [6, 6.07) is 3.06. The number of hydrogen-bond donors (Lipinski definition) is 1. The maximum Gasteiger partial charge on any atom is 0.271 e. The molecule has 106 valence electrons. The van der Waals surface area contributed by atoms with Crippen molar-refractivity contribution in [3.05, 3.63) is 35.2 Å². The van der Waals surface area contributed by atoms with Gasteiger partial charge in [0.05, 0.1) is 16.5 Å². The van der Waals surface area contributed by atoms with Crippen molar-refractivity contribution in [2.75, 3.05) is 11.5 Å². The van der Waals surface area contributed by atoms with Crippen LogP contribution in [0.4, 0.5) is 0 Å². The Labute approximate surface area is 120 Å². The monoisotopic (exact) mass is 313 g/mol. The minimum Gasteiger partial charge on any atom is -0.347 e. The Morgan fingerprint density at radius 2 is 2.20 bits per heavy atom. The van der Waals surface area contributed by atoms with E-state index in [4.69, 9.17) is 11.6 Å². The van der Waals surface area contributed by atoms with Crippen molar-refractivity contribution in [3.63, 3.8) is 0 Å².